The molecule has 6 heteroatoms. The van der Waals surface area contributed by atoms with Gasteiger partial charge in [0.1, 0.15) is 11.5 Å². The average Bonchev–Trinajstić information content (AvgIpc) is 2.60. The van der Waals surface area contributed by atoms with Crippen molar-refractivity contribution in [3.8, 4) is 11.5 Å². The van der Waals surface area contributed by atoms with E-state index in [9.17, 15) is 9.59 Å². The summed E-state index contributed by atoms with van der Waals surface area (Å²) >= 11 is 0. The monoisotopic (exact) mass is 329 g/mol. The van der Waals surface area contributed by atoms with Gasteiger partial charge in [-0.25, -0.2) is 4.79 Å². The highest BCUT2D eigenvalue weighted by molar-refractivity contribution is 6.04. The zero-order valence-electron chi connectivity index (χ0n) is 13.6. The van der Waals surface area contributed by atoms with Crippen LogP contribution in [0.1, 0.15) is 17.3 Å². The van der Waals surface area contributed by atoms with Gasteiger partial charge in [0.15, 0.2) is 6.61 Å². The number of hydrogen-bond donors (Lipinski definition) is 1. The largest absolute Gasteiger partial charge is 0.497 e. The van der Waals surface area contributed by atoms with E-state index in [1.54, 1.807) is 62.6 Å². The molecule has 0 aliphatic carbocycles. The number of methoxy groups -OCH3 is 1. The van der Waals surface area contributed by atoms with Crippen LogP contribution in [0.5, 0.6) is 11.5 Å². The first kappa shape index (κ1) is 17.3. The third-order valence-electron chi connectivity index (χ3n) is 3.11. The van der Waals surface area contributed by atoms with Gasteiger partial charge in [0.05, 0.1) is 13.7 Å². The number of rotatable bonds is 7. The van der Waals surface area contributed by atoms with Crippen molar-refractivity contribution in [3.63, 3.8) is 0 Å². The maximum Gasteiger partial charge on any atom is 0.344 e. The number of nitrogens with one attached hydrogen (secondary N) is 1. The summed E-state index contributed by atoms with van der Waals surface area (Å²) in [6.07, 6.45) is 0. The number of carbonyl (C=O) groups is 2. The fraction of sp³-hybridized carbons (Fsp3) is 0.222. The predicted octanol–water partition coefficient (Wildman–Crippen LogP) is 2.89. The molecule has 0 aliphatic heterocycles. The Morgan fingerprint density at radius 1 is 1.04 bits per heavy atom. The molecule has 24 heavy (non-hydrogen) atoms. The molecule has 2 rings (SSSR count). The fourth-order valence-corrected chi connectivity index (χ4v) is 1.95. The Bertz CT molecular complexity index is 697. The molecule has 0 bridgehead atoms. The van der Waals surface area contributed by atoms with Crippen molar-refractivity contribution < 1.29 is 23.8 Å². The molecule has 0 radical (unpaired) electrons. The first-order valence-corrected chi connectivity index (χ1v) is 7.46. The van der Waals surface area contributed by atoms with E-state index in [1.165, 1.54) is 0 Å². The fourth-order valence-electron chi connectivity index (χ4n) is 1.95. The summed E-state index contributed by atoms with van der Waals surface area (Å²) in [6.45, 7) is 1.86. The summed E-state index contributed by atoms with van der Waals surface area (Å²) in [5.74, 6) is 0.460. The Morgan fingerprint density at radius 2 is 1.79 bits per heavy atom. The number of esters is 1. The number of carbonyl (C=O) groups excluding carboxylic acids is 2. The van der Waals surface area contributed by atoms with Crippen molar-refractivity contribution >= 4 is 17.6 Å². The quantitative estimate of drug-likeness (QED) is 0.791. The molecular formula is C18H19NO5. The molecule has 0 aliphatic rings. The minimum atomic E-state index is -0.440. The Hall–Kier alpha value is -3.02. The van der Waals surface area contributed by atoms with Gasteiger partial charge in [-0.15, -0.1) is 0 Å². The highest BCUT2D eigenvalue weighted by Crippen LogP contribution is 2.19. The lowest BCUT2D eigenvalue weighted by molar-refractivity contribution is -0.145. The molecule has 6 nitrogen and oxygen atoms in total. The lowest BCUT2D eigenvalue weighted by Gasteiger charge is -2.09. The van der Waals surface area contributed by atoms with Gasteiger partial charge < -0.3 is 19.5 Å². The van der Waals surface area contributed by atoms with Gasteiger partial charge in [-0.3, -0.25) is 4.79 Å². The standard InChI is InChI=1S/C18H19NO5/c1-3-23-17(20)12-24-16-6-4-5-14(11-16)19-18(21)13-7-9-15(22-2)10-8-13/h4-11H,3,12H2,1-2H3,(H,19,21). The van der Waals surface area contributed by atoms with Crippen LogP contribution in [0.25, 0.3) is 0 Å². The van der Waals surface area contributed by atoms with Gasteiger partial charge in [0.25, 0.3) is 5.91 Å². The van der Waals surface area contributed by atoms with Crippen molar-refractivity contribution in [2.45, 2.75) is 6.92 Å². The van der Waals surface area contributed by atoms with E-state index in [-0.39, 0.29) is 12.5 Å². The molecule has 0 saturated carbocycles. The summed E-state index contributed by atoms with van der Waals surface area (Å²) in [6, 6.07) is 13.6. The van der Waals surface area contributed by atoms with Gasteiger partial charge in [-0.1, -0.05) is 6.07 Å². The van der Waals surface area contributed by atoms with Gasteiger partial charge in [0.2, 0.25) is 0 Å². The van der Waals surface area contributed by atoms with Crippen molar-refractivity contribution in [1.82, 2.24) is 0 Å². The summed E-state index contributed by atoms with van der Waals surface area (Å²) < 4.78 is 15.2. The van der Waals surface area contributed by atoms with Crippen LogP contribution in [0.15, 0.2) is 48.5 Å². The maximum atomic E-state index is 12.2. The Kier molecular flexibility index (Phi) is 6.19. The molecule has 2 aromatic carbocycles. The molecule has 0 atom stereocenters. The van der Waals surface area contributed by atoms with E-state index in [0.29, 0.717) is 29.4 Å². The van der Waals surface area contributed by atoms with Gasteiger partial charge in [-0.05, 0) is 43.3 Å². The number of ether oxygens (including phenoxy) is 3. The first-order chi connectivity index (χ1) is 11.6. The molecule has 0 aromatic heterocycles. The molecule has 0 fully saturated rings. The molecular weight excluding hydrogens is 310 g/mol. The molecule has 0 heterocycles. The van der Waals surface area contributed by atoms with Crippen LogP contribution in [-0.4, -0.2) is 32.2 Å². The van der Waals surface area contributed by atoms with Gasteiger partial charge in [0, 0.05) is 17.3 Å². The van der Waals surface area contributed by atoms with Crippen molar-refractivity contribution in [3.05, 3.63) is 54.1 Å². The summed E-state index contributed by atoms with van der Waals surface area (Å²) in [5, 5.41) is 2.77. The minimum Gasteiger partial charge on any atom is -0.497 e. The van der Waals surface area contributed by atoms with Crippen LogP contribution < -0.4 is 14.8 Å². The third-order valence-corrected chi connectivity index (χ3v) is 3.11. The summed E-state index contributed by atoms with van der Waals surface area (Å²) in [5.41, 5.74) is 1.07. The number of benzene rings is 2. The van der Waals surface area contributed by atoms with Crippen LogP contribution in [0.2, 0.25) is 0 Å². The van der Waals surface area contributed by atoms with Crippen molar-refractivity contribution in [1.29, 1.82) is 0 Å². The van der Waals surface area contributed by atoms with Crippen LogP contribution in [0.4, 0.5) is 5.69 Å². The Morgan fingerprint density at radius 3 is 2.46 bits per heavy atom. The SMILES string of the molecule is CCOC(=O)COc1cccc(NC(=O)c2ccc(OC)cc2)c1. The predicted molar refractivity (Wildman–Crippen MR) is 89.5 cm³/mol. The summed E-state index contributed by atoms with van der Waals surface area (Å²) in [4.78, 5) is 23.5. The highest BCUT2D eigenvalue weighted by Gasteiger charge is 2.08. The van der Waals surface area contributed by atoms with Crippen LogP contribution in [-0.2, 0) is 9.53 Å². The Labute approximate surface area is 140 Å². The second-order valence-corrected chi connectivity index (χ2v) is 4.80. The van der Waals surface area contributed by atoms with E-state index >= 15 is 0 Å². The second-order valence-electron chi connectivity index (χ2n) is 4.80. The summed E-state index contributed by atoms with van der Waals surface area (Å²) in [7, 11) is 1.57. The molecule has 1 N–H and O–H groups in total. The molecule has 0 saturated heterocycles. The third kappa shape index (κ3) is 5.01. The van der Waals surface area contributed by atoms with Crippen LogP contribution >= 0.6 is 0 Å². The topological polar surface area (TPSA) is 73.9 Å². The lowest BCUT2D eigenvalue weighted by atomic mass is 10.2. The molecule has 126 valence electrons. The maximum absolute atomic E-state index is 12.2. The number of amides is 1. The van der Waals surface area contributed by atoms with Crippen molar-refractivity contribution in [2.24, 2.45) is 0 Å². The van der Waals surface area contributed by atoms with E-state index in [1.807, 2.05) is 0 Å². The molecule has 0 unspecified atom stereocenters. The normalized spacial score (nSPS) is 9.92. The minimum absolute atomic E-state index is 0.177. The average molecular weight is 329 g/mol. The first-order valence-electron chi connectivity index (χ1n) is 7.46. The van der Waals surface area contributed by atoms with E-state index in [2.05, 4.69) is 5.32 Å². The second kappa shape index (κ2) is 8.57. The number of hydrogen-bond acceptors (Lipinski definition) is 5. The van der Waals surface area contributed by atoms with Crippen molar-refractivity contribution in [2.75, 3.05) is 25.6 Å². The van der Waals surface area contributed by atoms with E-state index < -0.39 is 5.97 Å². The lowest BCUT2D eigenvalue weighted by Crippen LogP contribution is -2.15. The van der Waals surface area contributed by atoms with Gasteiger partial charge in [-0.2, -0.15) is 0 Å². The van der Waals surface area contributed by atoms with Crippen LogP contribution in [0, 0.1) is 0 Å². The van der Waals surface area contributed by atoms with E-state index in [0.717, 1.165) is 0 Å². The zero-order chi connectivity index (χ0) is 17.4. The van der Waals surface area contributed by atoms with E-state index in [4.69, 9.17) is 14.2 Å². The van der Waals surface area contributed by atoms with Gasteiger partial charge >= 0.3 is 5.97 Å². The number of anilines is 1. The Balaban J connectivity index is 1.97. The highest BCUT2D eigenvalue weighted by atomic mass is 16.6. The molecule has 0 spiro atoms. The smallest absolute Gasteiger partial charge is 0.344 e. The molecule has 1 amide bonds. The van der Waals surface area contributed by atoms with Crippen LogP contribution in [0.3, 0.4) is 0 Å². The molecule has 2 aromatic rings. The zero-order valence-corrected chi connectivity index (χ0v) is 13.6.